The highest BCUT2D eigenvalue weighted by Gasteiger charge is 2.14. The predicted octanol–water partition coefficient (Wildman–Crippen LogP) is 1.41. The number of aliphatic hydroxyl groups excluding tert-OH is 1. The summed E-state index contributed by atoms with van der Waals surface area (Å²) >= 11 is 0. The van der Waals surface area contributed by atoms with E-state index in [0.29, 0.717) is 6.04 Å². The van der Waals surface area contributed by atoms with Gasteiger partial charge in [0.25, 0.3) is 0 Å². The van der Waals surface area contributed by atoms with Crippen molar-refractivity contribution in [3.05, 3.63) is 11.6 Å². The first-order valence-electron chi connectivity index (χ1n) is 4.77. The van der Waals surface area contributed by atoms with Crippen molar-refractivity contribution in [2.45, 2.75) is 32.7 Å². The molecule has 0 radical (unpaired) electrons. The Hall–Kier alpha value is -0.340. The highest BCUT2D eigenvalue weighted by Crippen LogP contribution is 2.14. The molecule has 0 atom stereocenters. The van der Waals surface area contributed by atoms with Crippen LogP contribution in [0.2, 0.25) is 0 Å². The summed E-state index contributed by atoms with van der Waals surface area (Å²) in [4.78, 5) is 2.45. The smallest absolute Gasteiger partial charge is 0.0468 e. The fourth-order valence-corrected chi connectivity index (χ4v) is 1.60. The van der Waals surface area contributed by atoms with Crippen LogP contribution in [0.25, 0.3) is 0 Å². The van der Waals surface area contributed by atoms with E-state index >= 15 is 0 Å². The molecule has 0 fully saturated rings. The van der Waals surface area contributed by atoms with Gasteiger partial charge in [-0.15, -0.1) is 0 Å². The van der Waals surface area contributed by atoms with Gasteiger partial charge in [0, 0.05) is 25.7 Å². The van der Waals surface area contributed by atoms with E-state index in [4.69, 9.17) is 5.11 Å². The third-order valence-corrected chi connectivity index (χ3v) is 2.42. The molecule has 0 bridgehead atoms. The lowest BCUT2D eigenvalue weighted by Gasteiger charge is -2.30. The third-order valence-electron chi connectivity index (χ3n) is 2.42. The maximum atomic E-state index is 8.78. The Bertz CT molecular complexity index is 163. The van der Waals surface area contributed by atoms with Gasteiger partial charge in [0.1, 0.15) is 0 Å². The number of hydrogen-bond acceptors (Lipinski definition) is 2. The molecular weight excluding hydrogens is 150 g/mol. The minimum Gasteiger partial charge on any atom is -0.396 e. The Balaban J connectivity index is 2.42. The Labute approximate surface area is 74.9 Å². The van der Waals surface area contributed by atoms with Crippen LogP contribution in [-0.2, 0) is 0 Å². The minimum atomic E-state index is 0.289. The summed E-state index contributed by atoms with van der Waals surface area (Å²) in [5.41, 5.74) is 1.40. The summed E-state index contributed by atoms with van der Waals surface area (Å²) in [6, 6.07) is 0.632. The molecule has 0 aromatic rings. The fourth-order valence-electron chi connectivity index (χ4n) is 1.60. The van der Waals surface area contributed by atoms with E-state index in [9.17, 15) is 0 Å². The van der Waals surface area contributed by atoms with E-state index in [1.54, 1.807) is 0 Å². The molecule has 2 nitrogen and oxygen atoms in total. The molecule has 12 heavy (non-hydrogen) atoms. The van der Waals surface area contributed by atoms with Crippen LogP contribution in [-0.4, -0.2) is 35.7 Å². The normalized spacial score (nSPS) is 19.8. The molecule has 70 valence electrons. The number of rotatable bonds is 3. The van der Waals surface area contributed by atoms with Gasteiger partial charge in [-0.3, -0.25) is 4.90 Å². The Morgan fingerprint density at radius 1 is 1.58 bits per heavy atom. The Morgan fingerprint density at radius 2 is 2.33 bits per heavy atom. The highest BCUT2D eigenvalue weighted by molar-refractivity contribution is 5.08. The number of hydrogen-bond donors (Lipinski definition) is 1. The van der Waals surface area contributed by atoms with Gasteiger partial charge >= 0.3 is 0 Å². The molecule has 0 saturated carbocycles. The standard InChI is InChI=1S/C10H19NO/c1-9(2)11-6-3-4-10(8-11)5-7-12/h4,9,12H,3,5-8H2,1-2H3. The average molecular weight is 169 g/mol. The molecule has 0 amide bonds. The average Bonchev–Trinajstić information content (AvgIpc) is 2.05. The van der Waals surface area contributed by atoms with Crippen LogP contribution in [0.15, 0.2) is 11.6 Å². The fraction of sp³-hybridized carbons (Fsp3) is 0.800. The van der Waals surface area contributed by atoms with E-state index in [1.807, 2.05) is 0 Å². The summed E-state index contributed by atoms with van der Waals surface area (Å²) < 4.78 is 0. The maximum Gasteiger partial charge on any atom is 0.0468 e. The van der Waals surface area contributed by atoms with Crippen LogP contribution in [0.4, 0.5) is 0 Å². The van der Waals surface area contributed by atoms with Gasteiger partial charge in [-0.05, 0) is 26.7 Å². The molecule has 0 unspecified atom stereocenters. The molecular formula is C10H19NO. The van der Waals surface area contributed by atoms with E-state index in [-0.39, 0.29) is 6.61 Å². The van der Waals surface area contributed by atoms with Crippen molar-refractivity contribution >= 4 is 0 Å². The Morgan fingerprint density at radius 3 is 2.92 bits per heavy atom. The SMILES string of the molecule is CC(C)N1CCC=C(CCO)C1. The third kappa shape index (κ3) is 2.61. The van der Waals surface area contributed by atoms with Gasteiger partial charge in [-0.25, -0.2) is 0 Å². The van der Waals surface area contributed by atoms with Gasteiger partial charge in [0.2, 0.25) is 0 Å². The number of aliphatic hydroxyl groups is 1. The molecule has 0 aromatic carbocycles. The van der Waals surface area contributed by atoms with Crippen molar-refractivity contribution in [2.75, 3.05) is 19.7 Å². The molecule has 0 aliphatic carbocycles. The molecule has 1 aliphatic heterocycles. The van der Waals surface area contributed by atoms with Crippen molar-refractivity contribution in [3.63, 3.8) is 0 Å². The molecule has 0 aromatic heterocycles. The van der Waals surface area contributed by atoms with Crippen molar-refractivity contribution in [1.29, 1.82) is 0 Å². The van der Waals surface area contributed by atoms with E-state index in [1.165, 1.54) is 12.1 Å². The second-order valence-electron chi connectivity index (χ2n) is 3.69. The van der Waals surface area contributed by atoms with Crippen LogP contribution in [0.1, 0.15) is 26.7 Å². The predicted molar refractivity (Wildman–Crippen MR) is 51.1 cm³/mol. The first-order chi connectivity index (χ1) is 5.74. The highest BCUT2D eigenvalue weighted by atomic mass is 16.2. The van der Waals surface area contributed by atoms with Crippen LogP contribution in [0.5, 0.6) is 0 Å². The maximum absolute atomic E-state index is 8.78. The van der Waals surface area contributed by atoms with Gasteiger partial charge in [-0.2, -0.15) is 0 Å². The van der Waals surface area contributed by atoms with Gasteiger partial charge in [-0.1, -0.05) is 11.6 Å². The van der Waals surface area contributed by atoms with Gasteiger partial charge in [0.05, 0.1) is 0 Å². The molecule has 0 spiro atoms. The largest absolute Gasteiger partial charge is 0.396 e. The number of nitrogens with zero attached hydrogens (tertiary/aromatic N) is 1. The first-order valence-corrected chi connectivity index (χ1v) is 4.77. The zero-order valence-corrected chi connectivity index (χ0v) is 8.08. The van der Waals surface area contributed by atoms with E-state index in [2.05, 4.69) is 24.8 Å². The van der Waals surface area contributed by atoms with Crippen molar-refractivity contribution in [2.24, 2.45) is 0 Å². The topological polar surface area (TPSA) is 23.5 Å². The quantitative estimate of drug-likeness (QED) is 0.646. The zero-order valence-electron chi connectivity index (χ0n) is 8.08. The lowest BCUT2D eigenvalue weighted by molar-refractivity contribution is 0.225. The van der Waals surface area contributed by atoms with Crippen LogP contribution >= 0.6 is 0 Å². The van der Waals surface area contributed by atoms with Crippen LogP contribution in [0, 0.1) is 0 Å². The van der Waals surface area contributed by atoms with Crippen LogP contribution in [0.3, 0.4) is 0 Å². The minimum absolute atomic E-state index is 0.289. The summed E-state index contributed by atoms with van der Waals surface area (Å²) in [6.07, 6.45) is 4.27. The second-order valence-corrected chi connectivity index (χ2v) is 3.69. The molecule has 0 saturated heterocycles. The summed E-state index contributed by atoms with van der Waals surface area (Å²) in [5, 5.41) is 8.78. The van der Waals surface area contributed by atoms with Crippen molar-refractivity contribution in [3.8, 4) is 0 Å². The lowest BCUT2D eigenvalue weighted by Crippen LogP contribution is -2.35. The molecule has 1 heterocycles. The summed E-state index contributed by atoms with van der Waals surface area (Å²) in [7, 11) is 0. The summed E-state index contributed by atoms with van der Waals surface area (Å²) in [5.74, 6) is 0. The van der Waals surface area contributed by atoms with Crippen LogP contribution < -0.4 is 0 Å². The molecule has 2 heteroatoms. The van der Waals surface area contributed by atoms with Crippen molar-refractivity contribution in [1.82, 2.24) is 4.90 Å². The first kappa shape index (κ1) is 9.75. The summed E-state index contributed by atoms with van der Waals surface area (Å²) in [6.45, 7) is 6.96. The lowest BCUT2D eigenvalue weighted by atomic mass is 10.1. The van der Waals surface area contributed by atoms with E-state index < -0.39 is 0 Å². The molecule has 1 rings (SSSR count). The molecule has 1 N–H and O–H groups in total. The van der Waals surface area contributed by atoms with E-state index in [0.717, 1.165) is 19.4 Å². The monoisotopic (exact) mass is 169 g/mol. The van der Waals surface area contributed by atoms with Crippen molar-refractivity contribution < 1.29 is 5.11 Å². The second kappa shape index (κ2) is 4.63. The van der Waals surface area contributed by atoms with Gasteiger partial charge in [0.15, 0.2) is 0 Å². The zero-order chi connectivity index (χ0) is 8.97. The van der Waals surface area contributed by atoms with Gasteiger partial charge < -0.3 is 5.11 Å². The Kier molecular flexibility index (Phi) is 3.76. The molecule has 1 aliphatic rings.